The second-order valence-electron chi connectivity index (χ2n) is 6.23. The first-order valence-electron chi connectivity index (χ1n) is 8.08. The number of rotatable bonds is 5. The zero-order chi connectivity index (χ0) is 16.4. The van der Waals surface area contributed by atoms with E-state index in [1.807, 2.05) is 13.0 Å². The van der Waals surface area contributed by atoms with Crippen molar-refractivity contribution in [3.63, 3.8) is 0 Å². The molecule has 23 heavy (non-hydrogen) atoms. The van der Waals surface area contributed by atoms with Crippen LogP contribution >= 0.6 is 11.5 Å². The Balaban J connectivity index is 1.65. The summed E-state index contributed by atoms with van der Waals surface area (Å²) >= 11 is 1.36. The number of nitrogens with zero attached hydrogens (tertiary/aromatic N) is 2. The molecule has 1 unspecified atom stereocenters. The van der Waals surface area contributed by atoms with Crippen LogP contribution in [-0.4, -0.2) is 40.0 Å². The van der Waals surface area contributed by atoms with Gasteiger partial charge in [-0.2, -0.15) is 4.37 Å². The van der Waals surface area contributed by atoms with Gasteiger partial charge in [-0.3, -0.25) is 4.79 Å². The smallest absolute Gasteiger partial charge is 0.307 e. The summed E-state index contributed by atoms with van der Waals surface area (Å²) in [5.74, 6) is -0.825. The molecule has 0 saturated carbocycles. The van der Waals surface area contributed by atoms with Gasteiger partial charge < -0.3 is 10.0 Å². The van der Waals surface area contributed by atoms with Crippen molar-refractivity contribution in [1.29, 1.82) is 0 Å². The van der Waals surface area contributed by atoms with Crippen molar-refractivity contribution in [3.05, 3.63) is 29.7 Å². The second kappa shape index (κ2) is 6.93. The molecule has 124 valence electrons. The van der Waals surface area contributed by atoms with Crippen molar-refractivity contribution in [2.75, 3.05) is 19.6 Å². The summed E-state index contributed by atoms with van der Waals surface area (Å²) in [4.78, 5) is 13.4. The molecule has 3 rings (SSSR count). The molecule has 2 heterocycles. The fourth-order valence-corrected chi connectivity index (χ4v) is 4.19. The van der Waals surface area contributed by atoms with E-state index in [4.69, 9.17) is 0 Å². The summed E-state index contributed by atoms with van der Waals surface area (Å²) in [5, 5.41) is 10.2. The first-order chi connectivity index (χ1) is 11.1. The number of fused-ring (bicyclic) bond motifs is 1. The number of likely N-dealkylation sites (tertiary alicyclic amines) is 1. The van der Waals surface area contributed by atoms with Gasteiger partial charge in [-0.15, -0.1) is 0 Å². The zero-order valence-corrected chi connectivity index (χ0v) is 14.0. The molecule has 2 aromatic rings. The number of aliphatic carboxylic acids is 1. The van der Waals surface area contributed by atoms with Crippen LogP contribution in [0.3, 0.4) is 0 Å². The van der Waals surface area contributed by atoms with Gasteiger partial charge in [0.05, 0.1) is 16.3 Å². The maximum Gasteiger partial charge on any atom is 0.307 e. The number of piperidine rings is 1. The second-order valence-corrected chi connectivity index (χ2v) is 7.03. The maximum absolute atomic E-state index is 13.3. The topological polar surface area (TPSA) is 53.4 Å². The lowest BCUT2D eigenvalue weighted by Gasteiger charge is -2.32. The Morgan fingerprint density at radius 2 is 2.22 bits per heavy atom. The molecule has 1 atom stereocenters. The Labute approximate surface area is 139 Å². The van der Waals surface area contributed by atoms with Crippen molar-refractivity contribution in [2.45, 2.75) is 32.1 Å². The van der Waals surface area contributed by atoms with Crippen molar-refractivity contribution >= 4 is 27.6 Å². The van der Waals surface area contributed by atoms with Gasteiger partial charge in [0.25, 0.3) is 0 Å². The molecule has 0 bridgehead atoms. The third-order valence-corrected chi connectivity index (χ3v) is 5.58. The molecule has 1 N–H and O–H groups in total. The molecule has 0 radical (unpaired) electrons. The van der Waals surface area contributed by atoms with Gasteiger partial charge in [0.1, 0.15) is 5.82 Å². The van der Waals surface area contributed by atoms with Crippen LogP contribution in [-0.2, 0) is 4.79 Å². The number of carboxylic acids is 1. The minimum atomic E-state index is -0.706. The number of hydrogen-bond acceptors (Lipinski definition) is 4. The van der Waals surface area contributed by atoms with Crippen LogP contribution in [0, 0.1) is 11.7 Å². The third kappa shape index (κ3) is 3.53. The summed E-state index contributed by atoms with van der Waals surface area (Å²) in [7, 11) is 0. The van der Waals surface area contributed by atoms with E-state index in [2.05, 4.69) is 9.27 Å². The molecule has 1 aromatic heterocycles. The van der Waals surface area contributed by atoms with E-state index in [0.717, 1.165) is 41.7 Å². The maximum atomic E-state index is 13.3. The molecule has 1 fully saturated rings. The van der Waals surface area contributed by atoms with E-state index in [1.165, 1.54) is 17.6 Å². The quantitative estimate of drug-likeness (QED) is 0.904. The van der Waals surface area contributed by atoms with Crippen LogP contribution in [0.1, 0.15) is 37.8 Å². The number of benzene rings is 1. The summed E-state index contributed by atoms with van der Waals surface area (Å²) in [6.07, 6.45) is 2.62. The highest BCUT2D eigenvalue weighted by atomic mass is 32.1. The van der Waals surface area contributed by atoms with Gasteiger partial charge in [0, 0.05) is 17.8 Å². The number of halogens is 1. The van der Waals surface area contributed by atoms with Crippen LogP contribution in [0.15, 0.2) is 18.2 Å². The lowest BCUT2D eigenvalue weighted by molar-refractivity contribution is -0.142. The lowest BCUT2D eigenvalue weighted by atomic mass is 9.91. The van der Waals surface area contributed by atoms with Gasteiger partial charge in [0.2, 0.25) is 0 Å². The van der Waals surface area contributed by atoms with Crippen LogP contribution in [0.4, 0.5) is 4.39 Å². The number of carbonyl (C=O) groups is 1. The highest BCUT2D eigenvalue weighted by Crippen LogP contribution is 2.34. The molecule has 0 aliphatic carbocycles. The van der Waals surface area contributed by atoms with Crippen LogP contribution in [0.2, 0.25) is 0 Å². The van der Waals surface area contributed by atoms with Gasteiger partial charge >= 0.3 is 5.97 Å². The Morgan fingerprint density at radius 3 is 2.87 bits per heavy atom. The fraction of sp³-hybridized carbons (Fsp3) is 0.529. The molecule has 6 heteroatoms. The predicted octanol–water partition coefficient (Wildman–Crippen LogP) is 3.73. The van der Waals surface area contributed by atoms with E-state index in [-0.39, 0.29) is 11.7 Å². The van der Waals surface area contributed by atoms with Crippen LogP contribution in [0.5, 0.6) is 0 Å². The largest absolute Gasteiger partial charge is 0.481 e. The predicted molar refractivity (Wildman–Crippen MR) is 89.4 cm³/mol. The lowest BCUT2D eigenvalue weighted by Crippen LogP contribution is -2.38. The Hall–Kier alpha value is -1.53. The molecule has 0 spiro atoms. The van der Waals surface area contributed by atoms with Crippen LogP contribution < -0.4 is 0 Å². The SMILES string of the molecule is CCC(CN1CCC(c2nsc3cc(F)ccc23)CC1)C(=O)O. The summed E-state index contributed by atoms with van der Waals surface area (Å²) < 4.78 is 18.7. The summed E-state index contributed by atoms with van der Waals surface area (Å²) in [6, 6.07) is 4.87. The zero-order valence-electron chi connectivity index (χ0n) is 13.2. The average molecular weight is 336 g/mol. The molecule has 1 saturated heterocycles. The standard InChI is InChI=1S/C17H21FN2O2S/c1-2-11(17(21)22)10-20-7-5-12(6-8-20)16-14-4-3-13(18)9-15(14)23-19-16/h3-4,9,11-12H,2,5-8,10H2,1H3,(H,21,22). The Kier molecular flexibility index (Phi) is 4.92. The first kappa shape index (κ1) is 16.3. The Morgan fingerprint density at radius 1 is 1.48 bits per heavy atom. The molecule has 1 aliphatic heterocycles. The van der Waals surface area contributed by atoms with Crippen molar-refractivity contribution in [3.8, 4) is 0 Å². The minimum absolute atomic E-state index is 0.221. The van der Waals surface area contributed by atoms with Crippen molar-refractivity contribution in [2.24, 2.45) is 5.92 Å². The van der Waals surface area contributed by atoms with Gasteiger partial charge in [-0.25, -0.2) is 4.39 Å². The van der Waals surface area contributed by atoms with Gasteiger partial charge in [-0.1, -0.05) is 6.92 Å². The van der Waals surface area contributed by atoms with Crippen molar-refractivity contribution in [1.82, 2.24) is 9.27 Å². The molecular formula is C17H21FN2O2S. The number of hydrogen-bond donors (Lipinski definition) is 1. The van der Waals surface area contributed by atoms with E-state index < -0.39 is 5.97 Å². The molecular weight excluding hydrogens is 315 g/mol. The van der Waals surface area contributed by atoms with E-state index in [0.29, 0.717) is 18.9 Å². The first-order valence-corrected chi connectivity index (χ1v) is 8.85. The highest BCUT2D eigenvalue weighted by molar-refractivity contribution is 7.13. The van der Waals surface area contributed by atoms with Crippen molar-refractivity contribution < 1.29 is 14.3 Å². The molecule has 1 aromatic carbocycles. The number of carboxylic acid groups (broad SMARTS) is 1. The van der Waals surface area contributed by atoms with E-state index >= 15 is 0 Å². The third-order valence-electron chi connectivity index (χ3n) is 4.76. The molecule has 0 amide bonds. The van der Waals surface area contributed by atoms with Gasteiger partial charge in [-0.05, 0) is 62.1 Å². The average Bonchev–Trinajstić information content (AvgIpc) is 2.95. The fourth-order valence-electron chi connectivity index (χ4n) is 3.31. The normalized spacial score (nSPS) is 18.3. The van der Waals surface area contributed by atoms with E-state index in [1.54, 1.807) is 6.07 Å². The number of aromatic nitrogens is 1. The Bertz CT molecular complexity index is 695. The van der Waals surface area contributed by atoms with E-state index in [9.17, 15) is 14.3 Å². The minimum Gasteiger partial charge on any atom is -0.481 e. The van der Waals surface area contributed by atoms with Crippen LogP contribution in [0.25, 0.3) is 10.1 Å². The summed E-state index contributed by atoms with van der Waals surface area (Å²) in [6.45, 7) is 4.34. The van der Waals surface area contributed by atoms with Gasteiger partial charge in [0.15, 0.2) is 0 Å². The monoisotopic (exact) mass is 336 g/mol. The molecule has 1 aliphatic rings. The summed E-state index contributed by atoms with van der Waals surface area (Å²) in [5.41, 5.74) is 1.08. The molecule has 4 nitrogen and oxygen atoms in total. The highest BCUT2D eigenvalue weighted by Gasteiger charge is 2.26.